The number of nitrogens with zero attached hydrogens (tertiary/aromatic N) is 1. The number of rotatable bonds is 3. The van der Waals surface area contributed by atoms with Crippen LogP contribution in [0.4, 0.5) is 0 Å². The lowest BCUT2D eigenvalue weighted by Gasteiger charge is -2.02. The number of hydrogen-bond donors (Lipinski definition) is 0. The third kappa shape index (κ3) is 3.54. The van der Waals surface area contributed by atoms with Gasteiger partial charge in [-0.2, -0.15) is 0 Å². The summed E-state index contributed by atoms with van der Waals surface area (Å²) in [5, 5.41) is 0. The molecular weight excluding hydrogens is 286 g/mol. The first-order valence-corrected chi connectivity index (χ1v) is 6.77. The van der Waals surface area contributed by atoms with Crippen molar-refractivity contribution in [1.82, 2.24) is 0 Å². The summed E-state index contributed by atoms with van der Waals surface area (Å²) in [5.74, 6) is 0. The maximum Gasteiger partial charge on any atom is 0.0643 e. The van der Waals surface area contributed by atoms with Crippen LogP contribution in [0.3, 0.4) is 0 Å². The molecule has 0 aliphatic carbocycles. The maximum atomic E-state index is 4.63. The zero-order valence-electron chi connectivity index (χ0n) is 10.7. The lowest BCUT2D eigenvalue weighted by atomic mass is 10.1. The van der Waals surface area contributed by atoms with Gasteiger partial charge in [0.05, 0.1) is 6.54 Å². The molecule has 0 unspecified atom stereocenters. The van der Waals surface area contributed by atoms with Crippen molar-refractivity contribution in [3.63, 3.8) is 0 Å². The van der Waals surface area contributed by atoms with Gasteiger partial charge in [0, 0.05) is 10.2 Å². The predicted octanol–water partition coefficient (Wildman–Crippen LogP) is 4.77. The molecule has 0 radical (unpaired) electrons. The van der Waals surface area contributed by atoms with E-state index in [1.165, 1.54) is 16.7 Å². The molecule has 18 heavy (non-hydrogen) atoms. The number of aliphatic imine (C=N–C) groups is 1. The fraction of sp³-hybridized carbons (Fsp3) is 0.188. The third-order valence-corrected chi connectivity index (χ3v) is 3.41. The van der Waals surface area contributed by atoms with Gasteiger partial charge in [-0.05, 0) is 37.1 Å². The van der Waals surface area contributed by atoms with Gasteiger partial charge in [0.15, 0.2) is 0 Å². The van der Waals surface area contributed by atoms with E-state index in [0.29, 0.717) is 0 Å². The monoisotopic (exact) mass is 301 g/mol. The quantitative estimate of drug-likeness (QED) is 0.724. The van der Waals surface area contributed by atoms with E-state index in [1.807, 2.05) is 12.1 Å². The lowest BCUT2D eigenvalue weighted by molar-refractivity contribution is 1.06. The smallest absolute Gasteiger partial charge is 0.0643 e. The molecule has 2 rings (SSSR count). The molecule has 2 aromatic rings. The molecule has 0 heterocycles. The third-order valence-electron chi connectivity index (χ3n) is 2.88. The summed E-state index contributed by atoms with van der Waals surface area (Å²) in [5.41, 5.74) is 4.78. The molecule has 0 atom stereocenters. The molecule has 2 heteroatoms. The molecule has 0 saturated carbocycles. The highest BCUT2D eigenvalue weighted by Crippen LogP contribution is 2.12. The summed E-state index contributed by atoms with van der Waals surface area (Å²) >= 11 is 3.43. The van der Waals surface area contributed by atoms with Gasteiger partial charge in [-0.15, -0.1) is 0 Å². The summed E-state index contributed by atoms with van der Waals surface area (Å²) in [6.45, 7) is 4.88. The van der Waals surface area contributed by atoms with Crippen LogP contribution in [0, 0.1) is 6.92 Å². The van der Waals surface area contributed by atoms with Crippen molar-refractivity contribution in [3.05, 3.63) is 69.7 Å². The van der Waals surface area contributed by atoms with Crippen molar-refractivity contribution >= 4 is 21.6 Å². The van der Waals surface area contributed by atoms with E-state index < -0.39 is 0 Å². The summed E-state index contributed by atoms with van der Waals surface area (Å²) < 4.78 is 1.10. The zero-order chi connectivity index (χ0) is 13.0. The average Bonchev–Trinajstić information content (AvgIpc) is 2.38. The molecule has 0 aromatic heterocycles. The van der Waals surface area contributed by atoms with Crippen LogP contribution in [0.5, 0.6) is 0 Å². The SMILES string of the molecule is CC(=NCc1ccc(Br)cc1)c1ccc(C)cc1. The van der Waals surface area contributed by atoms with E-state index in [9.17, 15) is 0 Å². The van der Waals surface area contributed by atoms with Crippen LogP contribution < -0.4 is 0 Å². The Labute approximate surface area is 117 Å². The Morgan fingerprint density at radius 3 is 2.22 bits per heavy atom. The van der Waals surface area contributed by atoms with E-state index in [1.54, 1.807) is 0 Å². The van der Waals surface area contributed by atoms with Crippen LogP contribution >= 0.6 is 15.9 Å². The van der Waals surface area contributed by atoms with Crippen molar-refractivity contribution in [1.29, 1.82) is 0 Å². The molecule has 0 N–H and O–H groups in total. The number of hydrogen-bond acceptors (Lipinski definition) is 1. The van der Waals surface area contributed by atoms with Crippen LogP contribution in [0.15, 0.2) is 58.0 Å². The molecule has 2 aromatic carbocycles. The molecule has 0 amide bonds. The van der Waals surface area contributed by atoms with E-state index >= 15 is 0 Å². The minimum absolute atomic E-state index is 0.729. The van der Waals surface area contributed by atoms with Crippen LogP contribution in [-0.4, -0.2) is 5.71 Å². The van der Waals surface area contributed by atoms with E-state index in [-0.39, 0.29) is 0 Å². The molecule has 0 fully saturated rings. The molecule has 0 aliphatic heterocycles. The lowest BCUT2D eigenvalue weighted by Crippen LogP contribution is -1.95. The van der Waals surface area contributed by atoms with Gasteiger partial charge in [0.25, 0.3) is 0 Å². The van der Waals surface area contributed by atoms with Gasteiger partial charge in [-0.3, -0.25) is 4.99 Å². The molecule has 92 valence electrons. The van der Waals surface area contributed by atoms with Crippen molar-refractivity contribution in [2.75, 3.05) is 0 Å². The Hall–Kier alpha value is -1.41. The molecule has 0 spiro atoms. The Bertz CT molecular complexity index is 538. The Kier molecular flexibility index (Phi) is 4.32. The fourth-order valence-corrected chi connectivity index (χ4v) is 1.95. The second-order valence-electron chi connectivity index (χ2n) is 4.39. The number of aryl methyl sites for hydroxylation is 1. The molecular formula is C16H16BrN. The first-order chi connectivity index (χ1) is 8.65. The Balaban J connectivity index is 2.09. The standard InChI is InChI=1S/C16H16BrN/c1-12-3-7-15(8-4-12)13(2)18-11-14-5-9-16(17)10-6-14/h3-10H,11H2,1-2H3. The first kappa shape index (κ1) is 13.0. The van der Waals surface area contributed by atoms with Crippen LogP contribution in [-0.2, 0) is 6.54 Å². The van der Waals surface area contributed by atoms with Gasteiger partial charge < -0.3 is 0 Å². The maximum absolute atomic E-state index is 4.63. The van der Waals surface area contributed by atoms with Crippen molar-refractivity contribution < 1.29 is 0 Å². The minimum atomic E-state index is 0.729. The zero-order valence-corrected chi connectivity index (χ0v) is 12.2. The van der Waals surface area contributed by atoms with Crippen LogP contribution in [0.25, 0.3) is 0 Å². The summed E-state index contributed by atoms with van der Waals surface area (Å²) in [6, 6.07) is 16.8. The summed E-state index contributed by atoms with van der Waals surface area (Å²) in [6.07, 6.45) is 0. The topological polar surface area (TPSA) is 12.4 Å². The first-order valence-electron chi connectivity index (χ1n) is 5.98. The predicted molar refractivity (Wildman–Crippen MR) is 81.2 cm³/mol. The molecule has 1 nitrogen and oxygen atoms in total. The summed E-state index contributed by atoms with van der Waals surface area (Å²) in [4.78, 5) is 4.63. The second kappa shape index (κ2) is 5.96. The molecule has 0 saturated heterocycles. The van der Waals surface area contributed by atoms with Gasteiger partial charge in [0.1, 0.15) is 0 Å². The average molecular weight is 302 g/mol. The minimum Gasteiger partial charge on any atom is -0.285 e. The van der Waals surface area contributed by atoms with Crippen molar-refractivity contribution in [2.24, 2.45) is 4.99 Å². The van der Waals surface area contributed by atoms with Crippen molar-refractivity contribution in [3.8, 4) is 0 Å². The molecule has 0 bridgehead atoms. The highest BCUT2D eigenvalue weighted by atomic mass is 79.9. The van der Waals surface area contributed by atoms with Gasteiger partial charge in [-0.25, -0.2) is 0 Å². The molecule has 0 aliphatic rings. The van der Waals surface area contributed by atoms with Crippen molar-refractivity contribution in [2.45, 2.75) is 20.4 Å². The van der Waals surface area contributed by atoms with E-state index in [0.717, 1.165) is 16.7 Å². The summed E-state index contributed by atoms with van der Waals surface area (Å²) in [7, 11) is 0. The highest BCUT2D eigenvalue weighted by molar-refractivity contribution is 9.10. The second-order valence-corrected chi connectivity index (χ2v) is 5.31. The normalized spacial score (nSPS) is 11.6. The van der Waals surface area contributed by atoms with Crippen LogP contribution in [0.1, 0.15) is 23.6 Å². The van der Waals surface area contributed by atoms with Crippen LogP contribution in [0.2, 0.25) is 0 Å². The Morgan fingerprint density at radius 1 is 1.00 bits per heavy atom. The highest BCUT2D eigenvalue weighted by Gasteiger charge is 1.97. The number of halogens is 1. The van der Waals surface area contributed by atoms with Gasteiger partial charge >= 0.3 is 0 Å². The fourth-order valence-electron chi connectivity index (χ4n) is 1.69. The van der Waals surface area contributed by atoms with E-state index in [2.05, 4.69) is 71.2 Å². The largest absolute Gasteiger partial charge is 0.285 e. The van der Waals surface area contributed by atoms with E-state index in [4.69, 9.17) is 0 Å². The Morgan fingerprint density at radius 2 is 1.61 bits per heavy atom. The van der Waals surface area contributed by atoms with Gasteiger partial charge in [0.2, 0.25) is 0 Å². The number of benzene rings is 2. The van der Waals surface area contributed by atoms with Gasteiger partial charge in [-0.1, -0.05) is 57.9 Å².